The topological polar surface area (TPSA) is 29.3 Å². The summed E-state index contributed by atoms with van der Waals surface area (Å²) >= 11 is 1.57. The summed E-state index contributed by atoms with van der Waals surface area (Å²) in [6, 6.07) is 5.24. The van der Waals surface area contributed by atoms with Gasteiger partial charge in [0, 0.05) is 23.7 Å². The van der Waals surface area contributed by atoms with Crippen LogP contribution in [-0.4, -0.2) is 30.3 Å². The second kappa shape index (κ2) is 7.69. The molecule has 0 saturated carbocycles. The molecule has 17 heavy (non-hydrogen) atoms. The summed E-state index contributed by atoms with van der Waals surface area (Å²) in [4.78, 5) is 3.05. The minimum absolute atomic E-state index is 0.155. The Balaban J connectivity index is 2.46. The van der Waals surface area contributed by atoms with E-state index in [4.69, 9.17) is 5.73 Å². The highest BCUT2D eigenvalue weighted by Gasteiger charge is 2.05. The van der Waals surface area contributed by atoms with Gasteiger partial charge in [-0.15, -0.1) is 11.8 Å². The summed E-state index contributed by atoms with van der Waals surface area (Å²) in [5.41, 5.74) is 6.31. The van der Waals surface area contributed by atoms with E-state index >= 15 is 0 Å². The van der Waals surface area contributed by atoms with Crippen molar-refractivity contribution in [2.24, 2.45) is 5.73 Å². The van der Waals surface area contributed by atoms with Gasteiger partial charge in [0.05, 0.1) is 0 Å². The lowest BCUT2D eigenvalue weighted by Crippen LogP contribution is -2.25. The molecule has 0 unspecified atom stereocenters. The second-order valence-corrected chi connectivity index (χ2v) is 4.98. The number of hydrogen-bond acceptors (Lipinski definition) is 3. The van der Waals surface area contributed by atoms with Gasteiger partial charge in [-0.3, -0.25) is 0 Å². The molecule has 0 atom stereocenters. The zero-order valence-corrected chi connectivity index (χ0v) is 11.4. The molecule has 0 aliphatic rings. The number of nitrogens with two attached hydrogens (primary N) is 1. The van der Waals surface area contributed by atoms with Crippen LogP contribution in [0.2, 0.25) is 0 Å². The Morgan fingerprint density at radius 2 is 2.00 bits per heavy atom. The van der Waals surface area contributed by atoms with Crippen LogP contribution in [0.1, 0.15) is 19.4 Å². The fraction of sp³-hybridized carbons (Fsp3) is 0.538. The molecule has 1 aromatic carbocycles. The lowest BCUT2D eigenvalue weighted by Gasteiger charge is -2.17. The third-order valence-electron chi connectivity index (χ3n) is 2.79. The summed E-state index contributed by atoms with van der Waals surface area (Å²) in [5.74, 6) is 0.762. The van der Waals surface area contributed by atoms with Crippen LogP contribution in [-0.2, 0) is 6.54 Å². The average Bonchev–Trinajstić information content (AvgIpc) is 2.36. The van der Waals surface area contributed by atoms with E-state index < -0.39 is 0 Å². The second-order valence-electron chi connectivity index (χ2n) is 3.84. The minimum Gasteiger partial charge on any atom is -0.326 e. The summed E-state index contributed by atoms with van der Waals surface area (Å²) in [7, 11) is 0. The number of rotatable bonds is 7. The zero-order valence-electron chi connectivity index (χ0n) is 10.6. The SMILES string of the molecule is CCN(CC)CCSc1ccc(CN)cc1F. The lowest BCUT2D eigenvalue weighted by atomic mass is 10.2. The molecule has 96 valence electrons. The molecule has 0 fully saturated rings. The van der Waals surface area contributed by atoms with E-state index in [0.717, 1.165) is 31.0 Å². The molecule has 0 radical (unpaired) electrons. The van der Waals surface area contributed by atoms with E-state index in [0.29, 0.717) is 11.4 Å². The van der Waals surface area contributed by atoms with Crippen molar-refractivity contribution in [1.82, 2.24) is 4.90 Å². The van der Waals surface area contributed by atoms with Crippen molar-refractivity contribution >= 4 is 11.8 Å². The molecule has 2 N–H and O–H groups in total. The molecule has 0 saturated heterocycles. The van der Waals surface area contributed by atoms with Crippen LogP contribution >= 0.6 is 11.8 Å². The molecule has 0 aliphatic heterocycles. The van der Waals surface area contributed by atoms with Crippen molar-refractivity contribution in [2.45, 2.75) is 25.3 Å². The first-order chi connectivity index (χ1) is 8.21. The van der Waals surface area contributed by atoms with Gasteiger partial charge < -0.3 is 10.6 Å². The standard InChI is InChI=1S/C13H21FN2S/c1-3-16(4-2)7-8-17-13-6-5-11(10-15)9-12(13)14/h5-6,9H,3-4,7-8,10,15H2,1-2H3. The van der Waals surface area contributed by atoms with E-state index in [1.807, 2.05) is 12.1 Å². The van der Waals surface area contributed by atoms with E-state index in [1.165, 1.54) is 6.07 Å². The summed E-state index contributed by atoms with van der Waals surface area (Å²) in [6.45, 7) is 7.77. The van der Waals surface area contributed by atoms with E-state index in [-0.39, 0.29) is 5.82 Å². The van der Waals surface area contributed by atoms with Gasteiger partial charge in [0.2, 0.25) is 0 Å². The summed E-state index contributed by atoms with van der Waals surface area (Å²) in [6.07, 6.45) is 0. The quantitative estimate of drug-likeness (QED) is 0.761. The molecule has 0 aliphatic carbocycles. The highest BCUT2D eigenvalue weighted by atomic mass is 32.2. The van der Waals surface area contributed by atoms with Gasteiger partial charge in [0.15, 0.2) is 0 Å². The van der Waals surface area contributed by atoms with Crippen LogP contribution in [0, 0.1) is 5.82 Å². The number of thioether (sulfide) groups is 1. The van der Waals surface area contributed by atoms with Crippen molar-refractivity contribution in [2.75, 3.05) is 25.4 Å². The van der Waals surface area contributed by atoms with Crippen LogP contribution in [0.15, 0.2) is 23.1 Å². The average molecular weight is 256 g/mol. The van der Waals surface area contributed by atoms with E-state index in [9.17, 15) is 4.39 Å². The van der Waals surface area contributed by atoms with Crippen molar-refractivity contribution in [1.29, 1.82) is 0 Å². The van der Waals surface area contributed by atoms with Gasteiger partial charge in [-0.05, 0) is 30.8 Å². The highest BCUT2D eigenvalue weighted by Crippen LogP contribution is 2.22. The molecule has 1 aromatic rings. The van der Waals surface area contributed by atoms with Crippen molar-refractivity contribution in [3.05, 3.63) is 29.6 Å². The number of hydrogen-bond donors (Lipinski definition) is 1. The summed E-state index contributed by atoms with van der Waals surface area (Å²) in [5, 5.41) is 0. The Labute approximate surface area is 107 Å². The first kappa shape index (κ1) is 14.5. The Morgan fingerprint density at radius 1 is 1.29 bits per heavy atom. The fourth-order valence-corrected chi connectivity index (χ4v) is 2.54. The molecule has 2 nitrogen and oxygen atoms in total. The first-order valence-electron chi connectivity index (χ1n) is 6.04. The van der Waals surface area contributed by atoms with E-state index in [2.05, 4.69) is 18.7 Å². The van der Waals surface area contributed by atoms with Crippen LogP contribution in [0.4, 0.5) is 4.39 Å². The smallest absolute Gasteiger partial charge is 0.137 e. The van der Waals surface area contributed by atoms with Crippen molar-refractivity contribution in [3.8, 4) is 0 Å². The maximum Gasteiger partial charge on any atom is 0.137 e. The third-order valence-corrected chi connectivity index (χ3v) is 3.82. The molecule has 1 rings (SSSR count). The van der Waals surface area contributed by atoms with Crippen LogP contribution in [0.3, 0.4) is 0 Å². The van der Waals surface area contributed by atoms with Crippen LogP contribution in [0.5, 0.6) is 0 Å². The van der Waals surface area contributed by atoms with Gasteiger partial charge in [0.1, 0.15) is 5.82 Å². The molecule has 0 bridgehead atoms. The van der Waals surface area contributed by atoms with Gasteiger partial charge >= 0.3 is 0 Å². The number of halogens is 1. The maximum absolute atomic E-state index is 13.6. The molecule has 0 amide bonds. The largest absolute Gasteiger partial charge is 0.326 e. The van der Waals surface area contributed by atoms with Crippen LogP contribution in [0.25, 0.3) is 0 Å². The molecule has 4 heteroatoms. The first-order valence-corrected chi connectivity index (χ1v) is 7.03. The normalized spacial score (nSPS) is 11.1. The predicted molar refractivity (Wildman–Crippen MR) is 72.8 cm³/mol. The van der Waals surface area contributed by atoms with E-state index in [1.54, 1.807) is 11.8 Å². The zero-order chi connectivity index (χ0) is 12.7. The molecular weight excluding hydrogens is 235 g/mol. The fourth-order valence-electron chi connectivity index (χ4n) is 1.61. The Bertz CT molecular complexity index is 340. The van der Waals surface area contributed by atoms with Gasteiger partial charge in [-0.1, -0.05) is 19.9 Å². The lowest BCUT2D eigenvalue weighted by molar-refractivity contribution is 0.324. The Kier molecular flexibility index (Phi) is 6.55. The molecular formula is C13H21FN2S. The van der Waals surface area contributed by atoms with Gasteiger partial charge in [-0.25, -0.2) is 4.39 Å². The maximum atomic E-state index is 13.6. The van der Waals surface area contributed by atoms with Crippen molar-refractivity contribution in [3.63, 3.8) is 0 Å². The highest BCUT2D eigenvalue weighted by molar-refractivity contribution is 7.99. The predicted octanol–water partition coefficient (Wildman–Crippen LogP) is 2.72. The monoisotopic (exact) mass is 256 g/mol. The summed E-state index contributed by atoms with van der Waals surface area (Å²) < 4.78 is 13.6. The number of benzene rings is 1. The molecule has 0 heterocycles. The third kappa shape index (κ3) is 4.66. The van der Waals surface area contributed by atoms with Crippen molar-refractivity contribution < 1.29 is 4.39 Å². The minimum atomic E-state index is -0.155. The molecule has 0 aromatic heterocycles. The van der Waals surface area contributed by atoms with Gasteiger partial charge in [0.25, 0.3) is 0 Å². The van der Waals surface area contributed by atoms with Gasteiger partial charge in [-0.2, -0.15) is 0 Å². The Hall–Kier alpha value is -0.580. The number of nitrogens with zero attached hydrogens (tertiary/aromatic N) is 1. The Morgan fingerprint density at radius 3 is 2.53 bits per heavy atom. The van der Waals surface area contributed by atoms with Crippen LogP contribution < -0.4 is 5.73 Å². The molecule has 0 spiro atoms.